The van der Waals surface area contributed by atoms with Crippen molar-refractivity contribution in [3.8, 4) is 0 Å². The number of para-hydroxylation sites is 1. The molecular formula is C15H20N2O. The summed E-state index contributed by atoms with van der Waals surface area (Å²) in [6.07, 6.45) is 2.79. The van der Waals surface area contributed by atoms with Crippen molar-refractivity contribution < 1.29 is 4.74 Å². The molecule has 1 aliphatic heterocycles. The Morgan fingerprint density at radius 1 is 1.39 bits per heavy atom. The number of rotatable bonds is 3. The van der Waals surface area contributed by atoms with Crippen LogP contribution in [0.25, 0.3) is 6.08 Å². The maximum Gasteiger partial charge on any atom is 0.105 e. The van der Waals surface area contributed by atoms with Crippen LogP contribution in [0, 0.1) is 0 Å². The third-order valence-corrected chi connectivity index (χ3v) is 3.10. The first-order valence-corrected chi connectivity index (χ1v) is 6.47. The Hall–Kier alpha value is -1.61. The second-order valence-corrected chi connectivity index (χ2v) is 4.24. The van der Waals surface area contributed by atoms with E-state index in [9.17, 15) is 0 Å². The van der Waals surface area contributed by atoms with E-state index in [0.717, 1.165) is 49.8 Å². The molecule has 1 fully saturated rings. The zero-order valence-electron chi connectivity index (χ0n) is 10.9. The topological polar surface area (TPSA) is 24.8 Å². The van der Waals surface area contributed by atoms with E-state index in [1.165, 1.54) is 0 Å². The van der Waals surface area contributed by atoms with Crippen molar-refractivity contribution in [1.29, 1.82) is 0 Å². The molecule has 0 N–H and O–H groups in total. The second kappa shape index (κ2) is 6.36. The van der Waals surface area contributed by atoms with E-state index in [0.29, 0.717) is 0 Å². The van der Waals surface area contributed by atoms with E-state index in [1.807, 2.05) is 30.3 Å². The largest absolute Gasteiger partial charge is 0.378 e. The first-order valence-electron chi connectivity index (χ1n) is 6.47. The minimum absolute atomic E-state index is 0.794. The van der Waals surface area contributed by atoms with E-state index >= 15 is 0 Å². The lowest BCUT2D eigenvalue weighted by atomic mass is 10.2. The summed E-state index contributed by atoms with van der Waals surface area (Å²) in [5.41, 5.74) is 2.08. The summed E-state index contributed by atoms with van der Waals surface area (Å²) in [6, 6.07) is 8.10. The molecule has 1 aromatic carbocycles. The third kappa shape index (κ3) is 2.99. The molecule has 1 heterocycles. The zero-order chi connectivity index (χ0) is 12.8. The normalized spacial score (nSPS) is 16.7. The molecule has 1 aromatic rings. The molecule has 0 aromatic heterocycles. The van der Waals surface area contributed by atoms with Gasteiger partial charge in [0.2, 0.25) is 0 Å². The highest BCUT2D eigenvalue weighted by Crippen LogP contribution is 2.21. The summed E-state index contributed by atoms with van der Waals surface area (Å²) in [7, 11) is 0. The second-order valence-electron chi connectivity index (χ2n) is 4.24. The van der Waals surface area contributed by atoms with E-state index in [-0.39, 0.29) is 0 Å². The van der Waals surface area contributed by atoms with E-state index in [4.69, 9.17) is 9.73 Å². The van der Waals surface area contributed by atoms with Gasteiger partial charge in [0.15, 0.2) is 0 Å². The summed E-state index contributed by atoms with van der Waals surface area (Å²) >= 11 is 0. The number of morpholine rings is 1. The van der Waals surface area contributed by atoms with Gasteiger partial charge in [0.1, 0.15) is 5.84 Å². The van der Waals surface area contributed by atoms with Crippen LogP contribution in [0.4, 0.5) is 5.69 Å². The SMILES string of the molecule is C=Cc1ccccc1N=C(CC)N1CCOCC1. The van der Waals surface area contributed by atoms with Crippen LogP contribution in [0.3, 0.4) is 0 Å². The monoisotopic (exact) mass is 244 g/mol. The van der Waals surface area contributed by atoms with Crippen LogP contribution in [0.5, 0.6) is 0 Å². The maximum atomic E-state index is 5.38. The molecule has 0 saturated carbocycles. The number of amidine groups is 1. The zero-order valence-corrected chi connectivity index (χ0v) is 10.9. The van der Waals surface area contributed by atoms with Crippen molar-refractivity contribution in [3.05, 3.63) is 36.4 Å². The molecule has 0 bridgehead atoms. The minimum Gasteiger partial charge on any atom is -0.378 e. The van der Waals surface area contributed by atoms with Gasteiger partial charge in [-0.1, -0.05) is 37.8 Å². The number of nitrogens with zero attached hydrogens (tertiary/aromatic N) is 2. The number of hydrogen-bond acceptors (Lipinski definition) is 2. The third-order valence-electron chi connectivity index (χ3n) is 3.10. The summed E-state index contributed by atoms with van der Waals surface area (Å²) < 4.78 is 5.38. The number of hydrogen-bond donors (Lipinski definition) is 0. The van der Waals surface area contributed by atoms with Crippen molar-refractivity contribution in [1.82, 2.24) is 4.90 Å². The van der Waals surface area contributed by atoms with Gasteiger partial charge in [0.05, 0.1) is 18.9 Å². The van der Waals surface area contributed by atoms with Crippen LogP contribution in [-0.4, -0.2) is 37.0 Å². The molecule has 2 rings (SSSR count). The molecule has 3 nitrogen and oxygen atoms in total. The molecule has 3 heteroatoms. The first-order chi connectivity index (χ1) is 8.85. The Bertz CT molecular complexity index is 434. The molecule has 96 valence electrons. The van der Waals surface area contributed by atoms with Crippen molar-refractivity contribution in [2.45, 2.75) is 13.3 Å². The van der Waals surface area contributed by atoms with Gasteiger partial charge in [-0.2, -0.15) is 0 Å². The fraction of sp³-hybridized carbons (Fsp3) is 0.400. The van der Waals surface area contributed by atoms with Crippen LogP contribution in [0.15, 0.2) is 35.8 Å². The van der Waals surface area contributed by atoms with Gasteiger partial charge in [0, 0.05) is 19.5 Å². The molecule has 1 saturated heterocycles. The highest BCUT2D eigenvalue weighted by Gasteiger charge is 2.13. The average molecular weight is 244 g/mol. The first kappa shape index (κ1) is 12.8. The van der Waals surface area contributed by atoms with Crippen molar-refractivity contribution in [2.75, 3.05) is 26.3 Å². The smallest absolute Gasteiger partial charge is 0.105 e. The highest BCUT2D eigenvalue weighted by molar-refractivity contribution is 5.86. The Labute approximate surface area is 109 Å². The molecule has 0 aliphatic carbocycles. The van der Waals surface area contributed by atoms with Crippen LogP contribution in [0.1, 0.15) is 18.9 Å². The Morgan fingerprint density at radius 2 is 2.11 bits per heavy atom. The summed E-state index contributed by atoms with van der Waals surface area (Å²) in [5.74, 6) is 1.13. The van der Waals surface area contributed by atoms with Crippen molar-refractivity contribution in [3.63, 3.8) is 0 Å². The van der Waals surface area contributed by atoms with Gasteiger partial charge in [0.25, 0.3) is 0 Å². The number of ether oxygens (including phenoxy) is 1. The summed E-state index contributed by atoms with van der Waals surface area (Å²) in [5, 5.41) is 0. The predicted molar refractivity (Wildman–Crippen MR) is 76.3 cm³/mol. The van der Waals surface area contributed by atoms with Crippen molar-refractivity contribution >= 4 is 17.6 Å². The lowest BCUT2D eigenvalue weighted by Gasteiger charge is -2.29. The van der Waals surface area contributed by atoms with Gasteiger partial charge >= 0.3 is 0 Å². The highest BCUT2D eigenvalue weighted by atomic mass is 16.5. The average Bonchev–Trinajstić information content (AvgIpc) is 2.46. The van der Waals surface area contributed by atoms with E-state index in [2.05, 4.69) is 18.4 Å². The molecule has 0 radical (unpaired) electrons. The molecule has 1 aliphatic rings. The molecule has 0 spiro atoms. The fourth-order valence-corrected chi connectivity index (χ4v) is 2.10. The van der Waals surface area contributed by atoms with Crippen LogP contribution in [-0.2, 0) is 4.74 Å². The van der Waals surface area contributed by atoms with E-state index < -0.39 is 0 Å². The van der Waals surface area contributed by atoms with E-state index in [1.54, 1.807) is 0 Å². The Morgan fingerprint density at radius 3 is 2.78 bits per heavy atom. The van der Waals surface area contributed by atoms with Crippen LogP contribution in [0.2, 0.25) is 0 Å². The number of aliphatic imine (C=N–C) groups is 1. The standard InChI is InChI=1S/C15H20N2O/c1-3-13-7-5-6-8-14(13)16-15(4-2)17-9-11-18-12-10-17/h3,5-8H,1,4,9-12H2,2H3. The molecule has 18 heavy (non-hydrogen) atoms. The summed E-state index contributed by atoms with van der Waals surface area (Å²) in [4.78, 5) is 7.10. The quantitative estimate of drug-likeness (QED) is 0.603. The molecule has 0 amide bonds. The van der Waals surface area contributed by atoms with Gasteiger partial charge < -0.3 is 9.64 Å². The van der Waals surface area contributed by atoms with Crippen LogP contribution < -0.4 is 0 Å². The van der Waals surface area contributed by atoms with Gasteiger partial charge in [-0.05, 0) is 11.6 Å². The van der Waals surface area contributed by atoms with Crippen molar-refractivity contribution in [2.24, 2.45) is 4.99 Å². The van der Waals surface area contributed by atoms with Gasteiger partial charge in [-0.25, -0.2) is 4.99 Å². The van der Waals surface area contributed by atoms with Gasteiger partial charge in [-0.3, -0.25) is 0 Å². The molecule has 0 atom stereocenters. The molecule has 0 unspecified atom stereocenters. The Kier molecular flexibility index (Phi) is 4.53. The maximum absolute atomic E-state index is 5.38. The lowest BCUT2D eigenvalue weighted by molar-refractivity contribution is 0.0673. The predicted octanol–water partition coefficient (Wildman–Crippen LogP) is 3.10. The molecular weight excluding hydrogens is 224 g/mol. The fourth-order valence-electron chi connectivity index (χ4n) is 2.10. The van der Waals surface area contributed by atoms with Gasteiger partial charge in [-0.15, -0.1) is 0 Å². The van der Waals surface area contributed by atoms with Crippen LogP contribution >= 0.6 is 0 Å². The lowest BCUT2D eigenvalue weighted by Crippen LogP contribution is -2.40. The minimum atomic E-state index is 0.794. The Balaban J connectivity index is 2.24. The number of benzene rings is 1. The summed E-state index contributed by atoms with van der Waals surface area (Å²) in [6.45, 7) is 9.43.